The molecule has 4 heteroatoms. The molecule has 20 heavy (non-hydrogen) atoms. The number of benzene rings is 1. The Morgan fingerprint density at radius 1 is 1.30 bits per heavy atom. The van der Waals surface area contributed by atoms with Crippen LogP contribution in [0, 0.1) is 6.92 Å². The summed E-state index contributed by atoms with van der Waals surface area (Å²) >= 11 is 1.65. The maximum absolute atomic E-state index is 12.0. The second-order valence-corrected chi connectivity index (χ2v) is 5.77. The van der Waals surface area contributed by atoms with Gasteiger partial charge in [0.1, 0.15) is 0 Å². The van der Waals surface area contributed by atoms with Crippen LogP contribution in [0.4, 0.5) is 5.69 Å². The van der Waals surface area contributed by atoms with E-state index in [-0.39, 0.29) is 5.97 Å². The molecular weight excluding hydrogens is 270 g/mol. The van der Waals surface area contributed by atoms with Gasteiger partial charge >= 0.3 is 5.97 Å². The van der Waals surface area contributed by atoms with Gasteiger partial charge in [-0.1, -0.05) is 25.1 Å². The molecule has 1 aromatic carbocycles. The lowest BCUT2D eigenvalue weighted by molar-refractivity contribution is -0.141. The summed E-state index contributed by atoms with van der Waals surface area (Å²) in [6.45, 7) is 4.13. The molecule has 0 amide bonds. The van der Waals surface area contributed by atoms with E-state index in [0.717, 1.165) is 22.5 Å². The molecule has 0 spiro atoms. The average molecular weight is 289 g/mol. The Balaban J connectivity index is 2.29. The highest BCUT2D eigenvalue weighted by Crippen LogP contribution is 2.28. The minimum Gasteiger partial charge on any atom is -0.467 e. The first-order valence-corrected chi connectivity index (χ1v) is 7.46. The minimum absolute atomic E-state index is 0.266. The molecule has 2 rings (SSSR count). The van der Waals surface area contributed by atoms with Crippen LogP contribution in [0.2, 0.25) is 0 Å². The Morgan fingerprint density at radius 3 is 2.65 bits per heavy atom. The zero-order valence-corrected chi connectivity index (χ0v) is 12.8. The molecule has 106 valence electrons. The summed E-state index contributed by atoms with van der Waals surface area (Å²) < 4.78 is 4.93. The van der Waals surface area contributed by atoms with Gasteiger partial charge in [0.15, 0.2) is 6.04 Å². The number of rotatable bonds is 5. The smallest absolute Gasteiger partial charge is 0.333 e. The first kappa shape index (κ1) is 14.6. The van der Waals surface area contributed by atoms with Crippen LogP contribution in [0.1, 0.15) is 28.3 Å². The number of carbonyl (C=O) groups is 1. The van der Waals surface area contributed by atoms with Gasteiger partial charge in [-0.25, -0.2) is 4.79 Å². The van der Waals surface area contributed by atoms with Crippen molar-refractivity contribution in [3.8, 4) is 0 Å². The summed E-state index contributed by atoms with van der Waals surface area (Å²) in [6, 6.07) is 11.5. The Labute approximate surface area is 123 Å². The molecule has 1 N–H and O–H groups in total. The summed E-state index contributed by atoms with van der Waals surface area (Å²) in [6.07, 6.45) is 0.975. The summed E-state index contributed by atoms with van der Waals surface area (Å²) in [7, 11) is 1.42. The predicted octanol–water partition coefficient (Wildman–Crippen LogP) is 3.95. The minimum atomic E-state index is -0.452. The van der Waals surface area contributed by atoms with Gasteiger partial charge in [0.05, 0.1) is 7.11 Å². The molecule has 0 aliphatic heterocycles. The Kier molecular flexibility index (Phi) is 4.79. The van der Waals surface area contributed by atoms with Crippen LogP contribution >= 0.6 is 11.3 Å². The van der Waals surface area contributed by atoms with Crippen molar-refractivity contribution in [2.24, 2.45) is 0 Å². The zero-order valence-electron chi connectivity index (χ0n) is 12.0. The number of aryl methyl sites for hydroxylation is 2. The molecule has 1 atom stereocenters. The third kappa shape index (κ3) is 3.20. The van der Waals surface area contributed by atoms with Crippen LogP contribution in [0.15, 0.2) is 36.4 Å². The van der Waals surface area contributed by atoms with Crippen molar-refractivity contribution in [2.75, 3.05) is 12.4 Å². The van der Waals surface area contributed by atoms with Crippen molar-refractivity contribution in [3.63, 3.8) is 0 Å². The topological polar surface area (TPSA) is 38.3 Å². The number of thiophene rings is 1. The first-order chi connectivity index (χ1) is 9.65. The molecule has 1 aromatic heterocycles. The quantitative estimate of drug-likeness (QED) is 0.847. The monoisotopic (exact) mass is 289 g/mol. The van der Waals surface area contributed by atoms with Gasteiger partial charge in [-0.2, -0.15) is 0 Å². The van der Waals surface area contributed by atoms with E-state index < -0.39 is 6.04 Å². The summed E-state index contributed by atoms with van der Waals surface area (Å²) in [4.78, 5) is 14.3. The van der Waals surface area contributed by atoms with Crippen LogP contribution in [-0.2, 0) is 16.0 Å². The fraction of sp³-hybridized carbons (Fsp3) is 0.312. The van der Waals surface area contributed by atoms with Crippen molar-refractivity contribution in [1.82, 2.24) is 0 Å². The summed E-state index contributed by atoms with van der Waals surface area (Å²) in [5.41, 5.74) is 2.06. The molecule has 0 radical (unpaired) electrons. The molecular formula is C16H19NO2S. The number of nitrogens with one attached hydrogen (secondary N) is 1. The number of ether oxygens (including phenoxy) is 1. The third-order valence-corrected chi connectivity index (χ3v) is 4.49. The highest BCUT2D eigenvalue weighted by atomic mass is 32.1. The van der Waals surface area contributed by atoms with Crippen LogP contribution in [0.3, 0.4) is 0 Å². The van der Waals surface area contributed by atoms with Crippen molar-refractivity contribution >= 4 is 23.0 Å². The Morgan fingerprint density at radius 2 is 2.05 bits per heavy atom. The molecule has 3 nitrogen and oxygen atoms in total. The average Bonchev–Trinajstić information content (AvgIpc) is 2.94. The van der Waals surface area contributed by atoms with E-state index >= 15 is 0 Å². The highest BCUT2D eigenvalue weighted by molar-refractivity contribution is 7.12. The molecule has 0 aliphatic carbocycles. The fourth-order valence-electron chi connectivity index (χ4n) is 1.99. The van der Waals surface area contributed by atoms with Crippen molar-refractivity contribution in [3.05, 3.63) is 51.7 Å². The molecule has 0 bridgehead atoms. The van der Waals surface area contributed by atoms with Crippen molar-refractivity contribution in [2.45, 2.75) is 26.3 Å². The SMILES string of the molecule is CCc1ccc(C(Nc2ccccc2C)C(=O)OC)s1. The highest BCUT2D eigenvalue weighted by Gasteiger charge is 2.23. The molecule has 0 fully saturated rings. The molecule has 0 saturated carbocycles. The molecule has 0 aliphatic rings. The molecule has 1 unspecified atom stereocenters. The first-order valence-electron chi connectivity index (χ1n) is 6.64. The predicted molar refractivity (Wildman–Crippen MR) is 83.3 cm³/mol. The Hall–Kier alpha value is -1.81. The largest absolute Gasteiger partial charge is 0.467 e. The van der Waals surface area contributed by atoms with E-state index in [4.69, 9.17) is 4.74 Å². The fourth-order valence-corrected chi connectivity index (χ4v) is 2.99. The van der Waals surface area contributed by atoms with Crippen molar-refractivity contribution < 1.29 is 9.53 Å². The van der Waals surface area contributed by atoms with E-state index in [2.05, 4.69) is 18.3 Å². The summed E-state index contributed by atoms with van der Waals surface area (Å²) in [5.74, 6) is -0.266. The van der Waals surface area contributed by atoms with Gasteiger partial charge in [0.2, 0.25) is 0 Å². The van der Waals surface area contributed by atoms with Crippen LogP contribution in [-0.4, -0.2) is 13.1 Å². The number of carbonyl (C=O) groups excluding carboxylic acids is 1. The van der Waals surface area contributed by atoms with E-state index in [1.807, 2.05) is 37.3 Å². The van der Waals surface area contributed by atoms with Gasteiger partial charge in [-0.3, -0.25) is 0 Å². The lowest BCUT2D eigenvalue weighted by Gasteiger charge is -2.17. The van der Waals surface area contributed by atoms with E-state index in [0.29, 0.717) is 0 Å². The number of methoxy groups -OCH3 is 1. The van der Waals surface area contributed by atoms with Gasteiger partial charge in [0.25, 0.3) is 0 Å². The van der Waals surface area contributed by atoms with Crippen LogP contribution in [0.25, 0.3) is 0 Å². The van der Waals surface area contributed by atoms with Gasteiger partial charge in [-0.05, 0) is 37.1 Å². The number of hydrogen-bond donors (Lipinski definition) is 1. The number of anilines is 1. The van der Waals surface area contributed by atoms with Gasteiger partial charge in [-0.15, -0.1) is 11.3 Å². The standard InChI is InChI=1S/C16H19NO2S/c1-4-12-9-10-14(20-12)15(16(18)19-3)17-13-8-6-5-7-11(13)2/h5-10,15,17H,4H2,1-3H3. The van der Waals surface area contributed by atoms with E-state index in [1.54, 1.807) is 11.3 Å². The molecule has 2 aromatic rings. The lowest BCUT2D eigenvalue weighted by atomic mass is 10.1. The zero-order chi connectivity index (χ0) is 14.5. The molecule has 1 heterocycles. The second kappa shape index (κ2) is 6.57. The van der Waals surface area contributed by atoms with Gasteiger partial charge in [0, 0.05) is 15.4 Å². The lowest BCUT2D eigenvalue weighted by Crippen LogP contribution is -2.21. The number of para-hydroxylation sites is 1. The van der Waals surface area contributed by atoms with E-state index in [9.17, 15) is 4.79 Å². The normalized spacial score (nSPS) is 11.9. The van der Waals surface area contributed by atoms with Crippen LogP contribution in [0.5, 0.6) is 0 Å². The maximum atomic E-state index is 12.0. The van der Waals surface area contributed by atoms with E-state index in [1.165, 1.54) is 12.0 Å². The Bertz CT molecular complexity index is 592. The number of esters is 1. The summed E-state index contributed by atoms with van der Waals surface area (Å²) in [5, 5.41) is 3.29. The maximum Gasteiger partial charge on any atom is 0.333 e. The van der Waals surface area contributed by atoms with Crippen LogP contribution < -0.4 is 5.32 Å². The second-order valence-electron chi connectivity index (χ2n) is 4.57. The molecule has 0 saturated heterocycles. The number of hydrogen-bond acceptors (Lipinski definition) is 4. The van der Waals surface area contributed by atoms with Gasteiger partial charge < -0.3 is 10.1 Å². The van der Waals surface area contributed by atoms with Crippen molar-refractivity contribution in [1.29, 1.82) is 0 Å². The third-order valence-electron chi connectivity index (χ3n) is 3.20.